The SMILES string of the molecule is c1ccc(-n2c(-c3ccc(-n4c5ccccc5c5ccccc54)cc3)nnc2-c2cccc3ccccc23)cc1. The first-order valence-corrected chi connectivity index (χ1v) is 13.4. The highest BCUT2D eigenvalue weighted by atomic mass is 15.3. The zero-order chi connectivity index (χ0) is 26.5. The summed E-state index contributed by atoms with van der Waals surface area (Å²) < 4.78 is 4.50. The summed E-state index contributed by atoms with van der Waals surface area (Å²) in [5, 5.41) is 14.3. The van der Waals surface area contributed by atoms with Crippen LogP contribution in [-0.4, -0.2) is 19.3 Å². The number of benzene rings is 6. The summed E-state index contributed by atoms with van der Waals surface area (Å²) >= 11 is 0. The summed E-state index contributed by atoms with van der Waals surface area (Å²) in [6.07, 6.45) is 0. The molecule has 0 spiro atoms. The highest BCUT2D eigenvalue weighted by Crippen LogP contribution is 2.35. The fraction of sp³-hybridized carbons (Fsp3) is 0. The minimum Gasteiger partial charge on any atom is -0.309 e. The second-order valence-corrected chi connectivity index (χ2v) is 9.96. The minimum absolute atomic E-state index is 0.808. The lowest BCUT2D eigenvalue weighted by Gasteiger charge is -2.13. The van der Waals surface area contributed by atoms with Gasteiger partial charge < -0.3 is 4.57 Å². The molecule has 4 nitrogen and oxygen atoms in total. The Kier molecular flexibility index (Phi) is 5.10. The fourth-order valence-corrected chi connectivity index (χ4v) is 5.85. The van der Waals surface area contributed by atoms with Gasteiger partial charge in [-0.3, -0.25) is 4.57 Å². The molecule has 0 aliphatic rings. The lowest BCUT2D eigenvalue weighted by Crippen LogP contribution is -2.01. The van der Waals surface area contributed by atoms with Crippen molar-refractivity contribution in [3.8, 4) is 34.2 Å². The van der Waals surface area contributed by atoms with Gasteiger partial charge in [0.05, 0.1) is 11.0 Å². The Bertz CT molecular complexity index is 2090. The highest BCUT2D eigenvalue weighted by Gasteiger charge is 2.19. The first-order chi connectivity index (χ1) is 19.9. The number of nitrogens with zero attached hydrogens (tertiary/aromatic N) is 4. The fourth-order valence-electron chi connectivity index (χ4n) is 5.85. The minimum atomic E-state index is 0.808. The summed E-state index contributed by atoms with van der Waals surface area (Å²) in [6, 6.07) is 50.9. The molecule has 6 aromatic carbocycles. The molecular formula is C36H24N4. The summed E-state index contributed by atoms with van der Waals surface area (Å²) in [4.78, 5) is 0. The van der Waals surface area contributed by atoms with Crippen molar-refractivity contribution in [2.45, 2.75) is 0 Å². The van der Waals surface area contributed by atoms with Crippen molar-refractivity contribution in [2.75, 3.05) is 0 Å². The van der Waals surface area contributed by atoms with Gasteiger partial charge in [-0.1, -0.05) is 97.1 Å². The highest BCUT2D eigenvalue weighted by molar-refractivity contribution is 6.09. The molecule has 0 unspecified atom stereocenters. The van der Waals surface area contributed by atoms with Crippen LogP contribution in [0.5, 0.6) is 0 Å². The molecular weight excluding hydrogens is 488 g/mol. The van der Waals surface area contributed by atoms with Crippen LogP contribution in [0.25, 0.3) is 66.7 Å². The van der Waals surface area contributed by atoms with Gasteiger partial charge in [-0.15, -0.1) is 10.2 Å². The molecule has 8 aromatic rings. The standard InChI is InChI=1S/C36H24N4/c1-2-13-27(14-3-1)40-35(37-38-36(40)32-18-10-12-25-11-4-5-15-29(25)32)26-21-23-28(24-22-26)39-33-19-8-6-16-30(33)31-17-7-9-20-34(31)39/h1-24H. The average molecular weight is 513 g/mol. The number of hydrogen-bond acceptors (Lipinski definition) is 2. The molecule has 0 saturated heterocycles. The Morgan fingerprint density at radius 2 is 0.925 bits per heavy atom. The summed E-state index contributed by atoms with van der Waals surface area (Å²) in [5.74, 6) is 1.63. The topological polar surface area (TPSA) is 35.6 Å². The maximum Gasteiger partial charge on any atom is 0.169 e. The van der Waals surface area contributed by atoms with E-state index in [9.17, 15) is 0 Å². The molecule has 0 radical (unpaired) electrons. The number of fused-ring (bicyclic) bond motifs is 4. The van der Waals surface area contributed by atoms with E-state index >= 15 is 0 Å². The molecule has 0 fully saturated rings. The van der Waals surface area contributed by atoms with Crippen LogP contribution < -0.4 is 0 Å². The average Bonchev–Trinajstić information content (AvgIpc) is 3.61. The van der Waals surface area contributed by atoms with Gasteiger partial charge in [0.2, 0.25) is 0 Å². The van der Waals surface area contributed by atoms with Crippen molar-refractivity contribution in [2.24, 2.45) is 0 Å². The van der Waals surface area contributed by atoms with Crippen LogP contribution in [-0.2, 0) is 0 Å². The van der Waals surface area contributed by atoms with Gasteiger partial charge >= 0.3 is 0 Å². The normalized spacial score (nSPS) is 11.5. The Balaban J connectivity index is 1.31. The molecule has 2 aromatic heterocycles. The first kappa shape index (κ1) is 22.5. The Morgan fingerprint density at radius 3 is 1.65 bits per heavy atom. The Hall–Kier alpha value is -5.48. The summed E-state index contributed by atoms with van der Waals surface area (Å²) in [6.45, 7) is 0. The molecule has 0 atom stereocenters. The van der Waals surface area contributed by atoms with Crippen molar-refractivity contribution < 1.29 is 0 Å². The number of rotatable bonds is 4. The van der Waals surface area contributed by atoms with Crippen LogP contribution in [0.1, 0.15) is 0 Å². The molecule has 0 aliphatic carbocycles. The second-order valence-electron chi connectivity index (χ2n) is 9.96. The largest absolute Gasteiger partial charge is 0.309 e. The van der Waals surface area contributed by atoms with Crippen LogP contribution in [0.3, 0.4) is 0 Å². The molecule has 0 saturated carbocycles. The van der Waals surface area contributed by atoms with E-state index in [-0.39, 0.29) is 0 Å². The number of hydrogen-bond donors (Lipinski definition) is 0. The third-order valence-corrected chi connectivity index (χ3v) is 7.67. The number of para-hydroxylation sites is 3. The maximum absolute atomic E-state index is 4.75. The summed E-state index contributed by atoms with van der Waals surface area (Å²) in [5.41, 5.74) is 6.59. The van der Waals surface area contributed by atoms with E-state index in [1.807, 2.05) is 6.07 Å². The molecule has 0 N–H and O–H groups in total. The third-order valence-electron chi connectivity index (χ3n) is 7.67. The van der Waals surface area contributed by atoms with E-state index in [1.54, 1.807) is 0 Å². The second kappa shape index (κ2) is 9.07. The lowest BCUT2D eigenvalue weighted by atomic mass is 10.0. The van der Waals surface area contributed by atoms with Crippen LogP contribution in [0.15, 0.2) is 146 Å². The quantitative estimate of drug-likeness (QED) is 0.236. The van der Waals surface area contributed by atoms with E-state index in [4.69, 9.17) is 10.2 Å². The molecule has 40 heavy (non-hydrogen) atoms. The lowest BCUT2D eigenvalue weighted by molar-refractivity contribution is 1.07. The monoisotopic (exact) mass is 512 g/mol. The number of aromatic nitrogens is 4. The molecule has 188 valence electrons. The van der Waals surface area contributed by atoms with Crippen molar-refractivity contribution in [3.63, 3.8) is 0 Å². The van der Waals surface area contributed by atoms with Gasteiger partial charge in [0.1, 0.15) is 0 Å². The zero-order valence-corrected chi connectivity index (χ0v) is 21.6. The van der Waals surface area contributed by atoms with Crippen LogP contribution in [0.4, 0.5) is 0 Å². The molecule has 2 heterocycles. The van der Waals surface area contributed by atoms with Crippen LogP contribution >= 0.6 is 0 Å². The van der Waals surface area contributed by atoms with Gasteiger partial charge in [0.15, 0.2) is 11.6 Å². The molecule has 0 bridgehead atoms. The van der Waals surface area contributed by atoms with Crippen molar-refractivity contribution in [1.82, 2.24) is 19.3 Å². The van der Waals surface area contributed by atoms with E-state index in [1.165, 1.54) is 27.2 Å². The predicted molar refractivity (Wildman–Crippen MR) is 164 cm³/mol. The van der Waals surface area contributed by atoms with Gasteiger partial charge in [0, 0.05) is 33.3 Å². The van der Waals surface area contributed by atoms with Crippen LogP contribution in [0, 0.1) is 0 Å². The molecule has 0 aliphatic heterocycles. The molecule has 8 rings (SSSR count). The smallest absolute Gasteiger partial charge is 0.169 e. The van der Waals surface area contributed by atoms with Gasteiger partial charge in [-0.05, 0) is 59.3 Å². The van der Waals surface area contributed by atoms with E-state index in [0.29, 0.717) is 0 Å². The Labute approximate surface area is 231 Å². The van der Waals surface area contributed by atoms with E-state index < -0.39 is 0 Å². The van der Waals surface area contributed by atoms with Crippen molar-refractivity contribution in [3.05, 3.63) is 146 Å². The summed E-state index contributed by atoms with van der Waals surface area (Å²) in [7, 11) is 0. The van der Waals surface area contributed by atoms with Gasteiger partial charge in [0.25, 0.3) is 0 Å². The Morgan fingerprint density at radius 1 is 0.375 bits per heavy atom. The van der Waals surface area contributed by atoms with E-state index in [0.717, 1.165) is 39.5 Å². The first-order valence-electron chi connectivity index (χ1n) is 13.4. The molecule has 0 amide bonds. The van der Waals surface area contributed by atoms with Crippen molar-refractivity contribution >= 4 is 32.6 Å². The van der Waals surface area contributed by atoms with Gasteiger partial charge in [-0.25, -0.2) is 0 Å². The third kappa shape index (κ3) is 3.47. The maximum atomic E-state index is 4.75. The van der Waals surface area contributed by atoms with E-state index in [2.05, 4.69) is 149 Å². The zero-order valence-electron chi connectivity index (χ0n) is 21.6. The van der Waals surface area contributed by atoms with Gasteiger partial charge in [-0.2, -0.15) is 0 Å². The molecule has 4 heteroatoms. The van der Waals surface area contributed by atoms with Crippen molar-refractivity contribution in [1.29, 1.82) is 0 Å². The predicted octanol–water partition coefficient (Wildman–Crippen LogP) is 8.85. The van der Waals surface area contributed by atoms with Crippen LogP contribution in [0.2, 0.25) is 0 Å².